The van der Waals surface area contributed by atoms with Crippen LogP contribution in [-0.2, 0) is 10.0 Å². The van der Waals surface area contributed by atoms with Crippen LogP contribution < -0.4 is 10.5 Å². The Morgan fingerprint density at radius 2 is 1.95 bits per heavy atom. The van der Waals surface area contributed by atoms with Gasteiger partial charge in [-0.3, -0.25) is 0 Å². The predicted octanol–water partition coefficient (Wildman–Crippen LogP) is 1.88. The van der Waals surface area contributed by atoms with Crippen LogP contribution >= 0.6 is 0 Å². The van der Waals surface area contributed by atoms with E-state index in [1.165, 1.54) is 0 Å². The number of benzene rings is 1. The summed E-state index contributed by atoms with van der Waals surface area (Å²) >= 11 is 0. The van der Waals surface area contributed by atoms with Crippen molar-refractivity contribution in [2.24, 2.45) is 17.6 Å². The van der Waals surface area contributed by atoms with E-state index in [0.717, 1.165) is 0 Å². The van der Waals surface area contributed by atoms with Gasteiger partial charge in [0, 0.05) is 12.1 Å². The molecule has 1 atom stereocenters. The molecule has 4 nitrogen and oxygen atoms in total. The third-order valence-corrected chi connectivity index (χ3v) is 5.11. The third-order valence-electron chi connectivity index (χ3n) is 3.55. The van der Waals surface area contributed by atoms with E-state index in [1.807, 2.05) is 6.92 Å². The Bertz CT molecular complexity index is 640. The zero-order chi connectivity index (χ0) is 16.0. The minimum Gasteiger partial charge on any atom is -0.320 e. The summed E-state index contributed by atoms with van der Waals surface area (Å²) in [6.07, 6.45) is 0. The van der Waals surface area contributed by atoms with Gasteiger partial charge in [0.1, 0.15) is 0 Å². The summed E-state index contributed by atoms with van der Waals surface area (Å²) < 4.78 is 27.5. The van der Waals surface area contributed by atoms with Gasteiger partial charge < -0.3 is 5.73 Å². The summed E-state index contributed by atoms with van der Waals surface area (Å²) in [6.45, 7) is 8.64. The summed E-state index contributed by atoms with van der Waals surface area (Å²) in [6, 6.07) is 5.16. The molecule has 0 aliphatic rings. The molecule has 5 heteroatoms. The Labute approximate surface area is 128 Å². The Kier molecular flexibility index (Phi) is 6.41. The molecule has 0 aromatic heterocycles. The van der Waals surface area contributed by atoms with Gasteiger partial charge in [0.15, 0.2) is 0 Å². The first kappa shape index (κ1) is 17.7. The van der Waals surface area contributed by atoms with Gasteiger partial charge in [0.05, 0.1) is 11.4 Å². The van der Waals surface area contributed by atoms with Crippen LogP contribution in [-0.4, -0.2) is 21.5 Å². The summed E-state index contributed by atoms with van der Waals surface area (Å²) in [5.74, 6) is 6.29. The number of rotatable bonds is 5. The highest BCUT2D eigenvalue weighted by atomic mass is 32.2. The summed E-state index contributed by atoms with van der Waals surface area (Å²) in [5, 5.41) is 0. The van der Waals surface area contributed by atoms with E-state index in [0.29, 0.717) is 23.6 Å². The molecule has 0 saturated heterocycles. The largest absolute Gasteiger partial charge is 0.320 e. The van der Waals surface area contributed by atoms with Gasteiger partial charge in [-0.05, 0) is 36.5 Å². The molecule has 21 heavy (non-hydrogen) atoms. The van der Waals surface area contributed by atoms with Crippen LogP contribution in [0.1, 0.15) is 31.9 Å². The van der Waals surface area contributed by atoms with E-state index in [9.17, 15) is 8.42 Å². The fourth-order valence-electron chi connectivity index (χ4n) is 1.68. The molecule has 1 rings (SSSR count). The van der Waals surface area contributed by atoms with Gasteiger partial charge in [0.25, 0.3) is 0 Å². The zero-order valence-electron chi connectivity index (χ0n) is 13.1. The Morgan fingerprint density at radius 1 is 1.29 bits per heavy atom. The molecular formula is C16H24N2O2S. The van der Waals surface area contributed by atoms with Gasteiger partial charge in [-0.25, -0.2) is 13.1 Å². The third kappa shape index (κ3) is 5.16. The second kappa shape index (κ2) is 7.60. The van der Waals surface area contributed by atoms with Crippen LogP contribution in [0.5, 0.6) is 0 Å². The lowest BCUT2D eigenvalue weighted by Crippen LogP contribution is -2.30. The van der Waals surface area contributed by atoms with Crippen molar-refractivity contribution in [1.29, 1.82) is 0 Å². The summed E-state index contributed by atoms with van der Waals surface area (Å²) in [7, 11) is -3.52. The highest BCUT2D eigenvalue weighted by Gasteiger charge is 2.18. The predicted molar refractivity (Wildman–Crippen MR) is 86.3 cm³/mol. The smallest absolute Gasteiger partial charge is 0.240 e. The maximum Gasteiger partial charge on any atom is 0.240 e. The molecule has 1 aromatic carbocycles. The van der Waals surface area contributed by atoms with Crippen LogP contribution in [0.15, 0.2) is 23.1 Å². The van der Waals surface area contributed by atoms with Gasteiger partial charge in [0.2, 0.25) is 10.0 Å². The van der Waals surface area contributed by atoms with Crippen LogP contribution in [0.25, 0.3) is 0 Å². The number of aryl methyl sites for hydroxylation is 1. The number of hydrogen-bond acceptors (Lipinski definition) is 3. The van der Waals surface area contributed by atoms with E-state index < -0.39 is 10.0 Å². The van der Waals surface area contributed by atoms with Gasteiger partial charge in [-0.15, -0.1) is 0 Å². The van der Waals surface area contributed by atoms with E-state index in [-0.39, 0.29) is 17.4 Å². The maximum absolute atomic E-state index is 12.4. The molecule has 1 aromatic rings. The quantitative estimate of drug-likeness (QED) is 0.816. The SMILES string of the molecule is Cc1ccc(C#CCN)cc1S(=O)(=O)NCC(C)C(C)C. The molecule has 1 unspecified atom stereocenters. The summed E-state index contributed by atoms with van der Waals surface area (Å²) in [5.41, 5.74) is 6.70. The molecule has 0 spiro atoms. The van der Waals surface area contributed by atoms with E-state index in [4.69, 9.17) is 5.73 Å². The minimum absolute atomic E-state index is 0.250. The van der Waals surface area contributed by atoms with Crippen LogP contribution in [0, 0.1) is 30.6 Å². The van der Waals surface area contributed by atoms with Crippen molar-refractivity contribution >= 4 is 10.0 Å². The van der Waals surface area contributed by atoms with Crippen molar-refractivity contribution in [3.05, 3.63) is 29.3 Å². The Hall–Kier alpha value is -1.35. The molecule has 0 aliphatic heterocycles. The van der Waals surface area contributed by atoms with E-state index in [1.54, 1.807) is 25.1 Å². The molecule has 0 fully saturated rings. The number of nitrogens with one attached hydrogen (secondary N) is 1. The van der Waals surface area contributed by atoms with Crippen molar-refractivity contribution < 1.29 is 8.42 Å². The molecule has 0 amide bonds. The van der Waals surface area contributed by atoms with Gasteiger partial charge in [-0.2, -0.15) is 0 Å². The average Bonchev–Trinajstić information content (AvgIpc) is 2.43. The fraction of sp³-hybridized carbons (Fsp3) is 0.500. The molecule has 116 valence electrons. The van der Waals surface area contributed by atoms with Crippen molar-refractivity contribution in [2.75, 3.05) is 13.1 Å². The number of nitrogens with two attached hydrogens (primary N) is 1. The van der Waals surface area contributed by atoms with E-state index >= 15 is 0 Å². The molecule has 3 N–H and O–H groups in total. The van der Waals surface area contributed by atoms with Crippen molar-refractivity contribution in [1.82, 2.24) is 4.72 Å². The normalized spacial score (nSPS) is 12.9. The van der Waals surface area contributed by atoms with Crippen LogP contribution in [0.3, 0.4) is 0 Å². The first-order chi connectivity index (χ1) is 9.77. The Balaban J connectivity index is 3.02. The lowest BCUT2D eigenvalue weighted by atomic mass is 9.99. The number of hydrogen-bond donors (Lipinski definition) is 2. The fourth-order valence-corrected chi connectivity index (χ4v) is 3.09. The van der Waals surface area contributed by atoms with Gasteiger partial charge >= 0.3 is 0 Å². The average molecular weight is 308 g/mol. The first-order valence-electron chi connectivity index (χ1n) is 7.07. The maximum atomic E-state index is 12.4. The standard InChI is InChI=1S/C16H24N2O2S/c1-12(2)14(4)11-18-21(19,20)16-10-15(6-5-9-17)8-7-13(16)3/h7-8,10,12,14,18H,9,11,17H2,1-4H3. The molecule has 0 bridgehead atoms. The van der Waals surface area contributed by atoms with Crippen LogP contribution in [0.2, 0.25) is 0 Å². The molecule has 0 saturated carbocycles. The van der Waals surface area contributed by atoms with Crippen molar-refractivity contribution in [3.8, 4) is 11.8 Å². The lowest BCUT2D eigenvalue weighted by molar-refractivity contribution is 0.414. The highest BCUT2D eigenvalue weighted by Crippen LogP contribution is 2.17. The number of sulfonamides is 1. The van der Waals surface area contributed by atoms with Gasteiger partial charge in [-0.1, -0.05) is 38.7 Å². The molecule has 0 heterocycles. The minimum atomic E-state index is -3.52. The van der Waals surface area contributed by atoms with E-state index in [2.05, 4.69) is 30.4 Å². The van der Waals surface area contributed by atoms with Crippen molar-refractivity contribution in [3.63, 3.8) is 0 Å². The highest BCUT2D eigenvalue weighted by molar-refractivity contribution is 7.89. The first-order valence-corrected chi connectivity index (χ1v) is 8.55. The summed E-state index contributed by atoms with van der Waals surface area (Å²) in [4.78, 5) is 0.280. The molecular weight excluding hydrogens is 284 g/mol. The topological polar surface area (TPSA) is 72.2 Å². The zero-order valence-corrected chi connectivity index (χ0v) is 13.9. The monoisotopic (exact) mass is 308 g/mol. The lowest BCUT2D eigenvalue weighted by Gasteiger charge is -2.17. The van der Waals surface area contributed by atoms with Crippen molar-refractivity contribution in [2.45, 2.75) is 32.6 Å². The second-order valence-electron chi connectivity index (χ2n) is 5.56. The van der Waals surface area contributed by atoms with Crippen LogP contribution in [0.4, 0.5) is 0 Å². The Morgan fingerprint density at radius 3 is 2.52 bits per heavy atom. The second-order valence-corrected chi connectivity index (χ2v) is 7.29. The molecule has 0 radical (unpaired) electrons. The molecule has 0 aliphatic carbocycles.